The fourth-order valence-corrected chi connectivity index (χ4v) is 5.59. The predicted octanol–water partition coefficient (Wildman–Crippen LogP) is 3.19. The van der Waals surface area contributed by atoms with Crippen molar-refractivity contribution in [2.24, 2.45) is 0 Å². The number of amides is 1. The lowest BCUT2D eigenvalue weighted by atomic mass is 10.1. The number of thiophene rings is 1. The molecule has 2 aliphatic heterocycles. The van der Waals surface area contributed by atoms with Crippen LogP contribution in [0.4, 0.5) is 0 Å². The lowest BCUT2D eigenvalue weighted by Gasteiger charge is -2.26. The number of ether oxygens (including phenoxy) is 2. The summed E-state index contributed by atoms with van der Waals surface area (Å²) in [6, 6.07) is 9.00. The van der Waals surface area contributed by atoms with Crippen LogP contribution in [0.2, 0.25) is 9.36 Å². The highest BCUT2D eigenvalue weighted by Crippen LogP contribution is 2.30. The second kappa shape index (κ2) is 14.2. The number of Topliss-reactive ketones (excluding diaryl/α,β-unsaturated/α-hetero) is 1. The van der Waals surface area contributed by atoms with Gasteiger partial charge in [0.2, 0.25) is 5.78 Å². The van der Waals surface area contributed by atoms with Gasteiger partial charge in [0.1, 0.15) is 9.91 Å². The highest BCUT2D eigenvalue weighted by atomic mass is 35.5. The van der Waals surface area contributed by atoms with Crippen LogP contribution in [0.15, 0.2) is 42.1 Å². The molecule has 0 unspecified atom stereocenters. The Morgan fingerprint density at radius 2 is 1.62 bits per heavy atom. The molecule has 11 heteroatoms. The van der Waals surface area contributed by atoms with Gasteiger partial charge in [0, 0.05) is 68.5 Å². The van der Waals surface area contributed by atoms with Crippen molar-refractivity contribution in [3.8, 4) is 0 Å². The molecule has 2 saturated heterocycles. The van der Waals surface area contributed by atoms with Gasteiger partial charge in [0.25, 0.3) is 5.91 Å². The third-order valence-electron chi connectivity index (χ3n) is 6.24. The zero-order valence-corrected chi connectivity index (χ0v) is 23.0. The number of nitrogens with zero attached hydrogens (tertiary/aromatic N) is 2. The molecule has 8 nitrogen and oxygen atoms in total. The molecule has 4 rings (SSSR count). The van der Waals surface area contributed by atoms with Gasteiger partial charge in [-0.3, -0.25) is 19.4 Å². The molecule has 1 aromatic heterocycles. The number of morpholine rings is 2. The van der Waals surface area contributed by atoms with E-state index in [1.54, 1.807) is 18.2 Å². The first kappa shape index (κ1) is 28.0. The Kier molecular flexibility index (Phi) is 10.8. The van der Waals surface area contributed by atoms with Gasteiger partial charge in [-0.25, -0.2) is 0 Å². The monoisotopic (exact) mass is 566 g/mol. The molecule has 2 aromatic rings. The second-order valence-corrected chi connectivity index (χ2v) is 11.1. The number of rotatable bonds is 11. The number of hydrogen-bond donors (Lipinski definition) is 2. The van der Waals surface area contributed by atoms with E-state index in [0.29, 0.717) is 41.2 Å². The zero-order chi connectivity index (χ0) is 26.0. The summed E-state index contributed by atoms with van der Waals surface area (Å²) in [7, 11) is 0. The topological polar surface area (TPSA) is 83.1 Å². The lowest BCUT2D eigenvalue weighted by molar-refractivity contribution is -0.117. The standard InChI is InChI=1S/C26H32Cl2N4O4S/c27-20-3-1-19(2-4-20)16-30-26(34)23(17-29-5-6-31-7-11-35-12-8-31)24(33)22-15-21(37-25(22)28)18-32-9-13-36-14-10-32/h1-4,15,17,29H,5-14,16,18H2,(H,30,34). The Bertz CT molecular complexity index is 1080. The summed E-state index contributed by atoms with van der Waals surface area (Å²) in [5.41, 5.74) is 1.25. The number of carbonyl (C=O) groups excluding carboxylic acids is 2. The average molecular weight is 568 g/mol. The third-order valence-corrected chi connectivity index (χ3v) is 7.84. The SMILES string of the molecule is O=C(NCc1ccc(Cl)cc1)C(=CNCCN1CCOCC1)C(=O)c1cc(CN2CCOCC2)sc1Cl. The van der Waals surface area contributed by atoms with Crippen LogP contribution in [-0.2, 0) is 27.4 Å². The van der Waals surface area contributed by atoms with Crippen molar-refractivity contribution in [2.75, 3.05) is 65.7 Å². The van der Waals surface area contributed by atoms with Gasteiger partial charge in [-0.05, 0) is 23.8 Å². The van der Waals surface area contributed by atoms with Crippen LogP contribution in [0.1, 0.15) is 20.8 Å². The smallest absolute Gasteiger partial charge is 0.257 e. The fourth-order valence-electron chi connectivity index (χ4n) is 4.11. The van der Waals surface area contributed by atoms with Crippen LogP contribution in [0, 0.1) is 0 Å². The minimum Gasteiger partial charge on any atom is -0.389 e. The van der Waals surface area contributed by atoms with E-state index in [1.165, 1.54) is 17.5 Å². The van der Waals surface area contributed by atoms with Crippen LogP contribution >= 0.6 is 34.5 Å². The van der Waals surface area contributed by atoms with Gasteiger partial charge in [-0.2, -0.15) is 0 Å². The lowest BCUT2D eigenvalue weighted by Crippen LogP contribution is -2.39. The molecule has 0 radical (unpaired) electrons. The van der Waals surface area contributed by atoms with Crippen molar-refractivity contribution in [2.45, 2.75) is 13.1 Å². The van der Waals surface area contributed by atoms with Crippen molar-refractivity contribution < 1.29 is 19.1 Å². The van der Waals surface area contributed by atoms with Gasteiger partial charge in [-0.1, -0.05) is 35.3 Å². The van der Waals surface area contributed by atoms with Gasteiger partial charge in [-0.15, -0.1) is 11.3 Å². The van der Waals surface area contributed by atoms with Gasteiger partial charge in [0.05, 0.1) is 32.0 Å². The highest BCUT2D eigenvalue weighted by Gasteiger charge is 2.25. The first-order valence-corrected chi connectivity index (χ1v) is 14.0. The molecule has 1 aromatic carbocycles. The summed E-state index contributed by atoms with van der Waals surface area (Å²) in [5.74, 6) is -0.863. The summed E-state index contributed by atoms with van der Waals surface area (Å²) in [4.78, 5) is 32.2. The Balaban J connectivity index is 1.44. The van der Waals surface area contributed by atoms with Crippen molar-refractivity contribution in [3.05, 3.63) is 67.5 Å². The van der Waals surface area contributed by atoms with E-state index in [0.717, 1.165) is 56.4 Å². The Morgan fingerprint density at radius 3 is 2.30 bits per heavy atom. The molecule has 2 N–H and O–H groups in total. The van der Waals surface area contributed by atoms with Crippen LogP contribution in [0.25, 0.3) is 0 Å². The summed E-state index contributed by atoms with van der Waals surface area (Å²) in [6.45, 7) is 8.60. The first-order valence-electron chi connectivity index (χ1n) is 12.4. The van der Waals surface area contributed by atoms with E-state index in [9.17, 15) is 9.59 Å². The first-order chi connectivity index (χ1) is 18.0. The number of halogens is 2. The van der Waals surface area contributed by atoms with Gasteiger partial charge >= 0.3 is 0 Å². The highest BCUT2D eigenvalue weighted by molar-refractivity contribution is 7.16. The molecular weight excluding hydrogens is 535 g/mol. The Labute approximate surface area is 231 Å². The van der Waals surface area contributed by atoms with Crippen LogP contribution in [-0.4, -0.2) is 87.2 Å². The molecule has 0 bridgehead atoms. The maximum atomic E-state index is 13.5. The second-order valence-electron chi connectivity index (χ2n) is 8.89. The van der Waals surface area contributed by atoms with Crippen LogP contribution in [0.3, 0.4) is 0 Å². The minimum absolute atomic E-state index is 0.0218. The summed E-state index contributed by atoms with van der Waals surface area (Å²) in [6.07, 6.45) is 1.51. The van der Waals surface area contributed by atoms with Crippen molar-refractivity contribution in [3.63, 3.8) is 0 Å². The van der Waals surface area contributed by atoms with Crippen molar-refractivity contribution in [1.29, 1.82) is 0 Å². The number of hydrogen-bond acceptors (Lipinski definition) is 8. The molecule has 37 heavy (non-hydrogen) atoms. The quantitative estimate of drug-likeness (QED) is 0.142. The summed E-state index contributed by atoms with van der Waals surface area (Å²) < 4.78 is 11.2. The molecular formula is C26H32Cl2N4O4S. The maximum Gasteiger partial charge on any atom is 0.257 e. The zero-order valence-electron chi connectivity index (χ0n) is 20.6. The summed E-state index contributed by atoms with van der Waals surface area (Å²) in [5, 5.41) is 6.63. The largest absolute Gasteiger partial charge is 0.389 e. The van der Waals surface area contributed by atoms with E-state index in [-0.39, 0.29) is 12.1 Å². The van der Waals surface area contributed by atoms with E-state index < -0.39 is 11.7 Å². The fraction of sp³-hybridized carbons (Fsp3) is 0.462. The van der Waals surface area contributed by atoms with Crippen molar-refractivity contribution in [1.82, 2.24) is 20.4 Å². The molecule has 200 valence electrons. The number of nitrogens with one attached hydrogen (secondary N) is 2. The molecule has 0 aliphatic carbocycles. The molecule has 0 spiro atoms. The normalized spacial score (nSPS) is 17.5. The van der Waals surface area contributed by atoms with Crippen LogP contribution in [0.5, 0.6) is 0 Å². The molecule has 0 atom stereocenters. The molecule has 1 amide bonds. The van der Waals surface area contributed by atoms with E-state index >= 15 is 0 Å². The average Bonchev–Trinajstić information content (AvgIpc) is 3.28. The van der Waals surface area contributed by atoms with Crippen LogP contribution < -0.4 is 10.6 Å². The Hall–Kier alpha value is -1.98. The van der Waals surface area contributed by atoms with E-state index in [1.807, 2.05) is 12.1 Å². The molecule has 3 heterocycles. The van der Waals surface area contributed by atoms with E-state index in [2.05, 4.69) is 20.4 Å². The Morgan fingerprint density at radius 1 is 0.973 bits per heavy atom. The molecule has 2 fully saturated rings. The number of carbonyl (C=O) groups is 2. The third kappa shape index (κ3) is 8.51. The number of ketones is 1. The molecule has 0 saturated carbocycles. The number of benzene rings is 1. The molecule has 2 aliphatic rings. The predicted molar refractivity (Wildman–Crippen MR) is 146 cm³/mol. The maximum absolute atomic E-state index is 13.5. The summed E-state index contributed by atoms with van der Waals surface area (Å²) >= 11 is 13.8. The van der Waals surface area contributed by atoms with Crippen molar-refractivity contribution >= 4 is 46.2 Å². The van der Waals surface area contributed by atoms with Gasteiger partial charge in [0.15, 0.2) is 0 Å². The minimum atomic E-state index is -0.462. The van der Waals surface area contributed by atoms with E-state index in [4.69, 9.17) is 32.7 Å². The van der Waals surface area contributed by atoms with Gasteiger partial charge < -0.3 is 20.1 Å².